The van der Waals surface area contributed by atoms with Crippen LogP contribution in [-0.2, 0) is 9.84 Å². The Morgan fingerprint density at radius 3 is 2.68 bits per heavy atom. The third kappa shape index (κ3) is 4.95. The minimum Gasteiger partial charge on any atom is -0.396 e. The van der Waals surface area contributed by atoms with Crippen LogP contribution in [0.1, 0.15) is 20.3 Å². The van der Waals surface area contributed by atoms with Gasteiger partial charge in [-0.1, -0.05) is 13.0 Å². The summed E-state index contributed by atoms with van der Waals surface area (Å²) in [6.07, 6.45) is 2.19. The number of rotatable bonds is 7. The fraction of sp³-hybridized carbons (Fsp3) is 0.538. The molecule has 0 amide bonds. The summed E-state index contributed by atoms with van der Waals surface area (Å²) in [4.78, 5) is 0.188. The first-order valence-electron chi connectivity index (χ1n) is 6.29. The van der Waals surface area contributed by atoms with E-state index in [1.54, 1.807) is 6.07 Å². The van der Waals surface area contributed by atoms with Crippen molar-refractivity contribution in [2.24, 2.45) is 0 Å². The highest BCUT2D eigenvalue weighted by molar-refractivity contribution is 7.99. The zero-order valence-electron chi connectivity index (χ0n) is 11.6. The van der Waals surface area contributed by atoms with Gasteiger partial charge in [-0.3, -0.25) is 0 Å². The fourth-order valence-corrected chi connectivity index (χ4v) is 3.38. The number of hydrogen-bond acceptors (Lipinski definition) is 5. The van der Waals surface area contributed by atoms with E-state index < -0.39 is 9.84 Å². The molecule has 0 spiro atoms. The van der Waals surface area contributed by atoms with Crippen molar-refractivity contribution in [1.82, 2.24) is 0 Å². The van der Waals surface area contributed by atoms with Crippen molar-refractivity contribution in [3.63, 3.8) is 0 Å². The van der Waals surface area contributed by atoms with Crippen LogP contribution in [0.3, 0.4) is 0 Å². The predicted octanol–water partition coefficient (Wildman–Crippen LogP) is 2.62. The molecule has 1 atom stereocenters. The highest BCUT2D eigenvalue weighted by Gasteiger charge is 2.14. The Bertz CT molecular complexity index is 515. The average molecular weight is 302 g/mol. The number of thioether (sulfide) groups is 1. The van der Waals surface area contributed by atoms with Crippen molar-refractivity contribution in [2.75, 3.05) is 28.8 Å². The van der Waals surface area contributed by atoms with Crippen LogP contribution in [0.4, 0.5) is 11.4 Å². The molecule has 19 heavy (non-hydrogen) atoms. The summed E-state index contributed by atoms with van der Waals surface area (Å²) < 4.78 is 23.2. The quantitative estimate of drug-likeness (QED) is 0.598. The molecule has 4 nitrogen and oxygen atoms in total. The number of sulfone groups is 1. The number of hydrogen-bond donors (Lipinski definition) is 2. The molecule has 1 unspecified atom stereocenters. The van der Waals surface area contributed by atoms with E-state index in [1.807, 2.05) is 17.8 Å². The van der Waals surface area contributed by atoms with Crippen LogP contribution >= 0.6 is 11.8 Å². The molecule has 108 valence electrons. The molecule has 1 rings (SSSR count). The topological polar surface area (TPSA) is 72.2 Å². The maximum absolute atomic E-state index is 11.6. The number of nitrogens with two attached hydrogens (primary N) is 1. The van der Waals surface area contributed by atoms with Crippen LogP contribution < -0.4 is 11.1 Å². The summed E-state index contributed by atoms with van der Waals surface area (Å²) in [6, 6.07) is 5.32. The summed E-state index contributed by atoms with van der Waals surface area (Å²) in [5.41, 5.74) is 6.92. The molecule has 0 saturated carbocycles. The van der Waals surface area contributed by atoms with Crippen molar-refractivity contribution in [1.29, 1.82) is 0 Å². The maximum atomic E-state index is 11.6. The summed E-state index contributed by atoms with van der Waals surface area (Å²) in [5, 5.41) is 3.28. The monoisotopic (exact) mass is 302 g/mol. The lowest BCUT2D eigenvalue weighted by atomic mass is 10.2. The van der Waals surface area contributed by atoms with Crippen LogP contribution in [0.15, 0.2) is 23.1 Å². The first kappa shape index (κ1) is 16.2. The smallest absolute Gasteiger partial charge is 0.177 e. The van der Waals surface area contributed by atoms with Crippen molar-refractivity contribution in [2.45, 2.75) is 31.2 Å². The Morgan fingerprint density at radius 2 is 2.11 bits per heavy atom. The Morgan fingerprint density at radius 1 is 1.42 bits per heavy atom. The van der Waals surface area contributed by atoms with E-state index in [-0.39, 0.29) is 10.9 Å². The fourth-order valence-electron chi connectivity index (χ4n) is 1.74. The van der Waals surface area contributed by atoms with Gasteiger partial charge in [-0.25, -0.2) is 8.42 Å². The lowest BCUT2D eigenvalue weighted by molar-refractivity contribution is 0.602. The van der Waals surface area contributed by atoms with E-state index in [2.05, 4.69) is 19.2 Å². The molecule has 0 aliphatic rings. The van der Waals surface area contributed by atoms with E-state index in [9.17, 15) is 8.42 Å². The van der Waals surface area contributed by atoms with Crippen LogP contribution in [0.5, 0.6) is 0 Å². The predicted molar refractivity (Wildman–Crippen MR) is 84.7 cm³/mol. The normalized spacial score (nSPS) is 13.2. The van der Waals surface area contributed by atoms with Gasteiger partial charge in [-0.2, -0.15) is 11.8 Å². The van der Waals surface area contributed by atoms with Gasteiger partial charge in [0.2, 0.25) is 0 Å². The third-order valence-electron chi connectivity index (χ3n) is 2.77. The molecule has 3 N–H and O–H groups in total. The second kappa shape index (κ2) is 7.05. The molecule has 1 aromatic carbocycles. The standard InChI is InChI=1S/C13H22N2O2S2/c1-4-18-9-8-10(2)15-11-6-5-7-12(13(11)14)19(3,16)17/h5-7,10,15H,4,8-9,14H2,1-3H3. The molecule has 0 aromatic heterocycles. The van der Waals surface area contributed by atoms with Gasteiger partial charge < -0.3 is 11.1 Å². The van der Waals surface area contributed by atoms with Gasteiger partial charge in [0.15, 0.2) is 9.84 Å². The van der Waals surface area contributed by atoms with E-state index in [0.717, 1.165) is 17.9 Å². The van der Waals surface area contributed by atoms with Gasteiger partial charge in [-0.05, 0) is 37.0 Å². The van der Waals surface area contributed by atoms with Gasteiger partial charge >= 0.3 is 0 Å². The number of para-hydroxylation sites is 1. The van der Waals surface area contributed by atoms with Crippen molar-refractivity contribution in [3.05, 3.63) is 18.2 Å². The van der Waals surface area contributed by atoms with Gasteiger partial charge in [0, 0.05) is 12.3 Å². The zero-order valence-corrected chi connectivity index (χ0v) is 13.3. The lowest BCUT2D eigenvalue weighted by Crippen LogP contribution is -2.17. The average Bonchev–Trinajstić information content (AvgIpc) is 2.30. The zero-order chi connectivity index (χ0) is 14.5. The van der Waals surface area contributed by atoms with E-state index in [1.165, 1.54) is 12.3 Å². The molecule has 0 saturated heterocycles. The molecule has 0 radical (unpaired) electrons. The largest absolute Gasteiger partial charge is 0.396 e. The number of anilines is 2. The Labute approximate surface area is 120 Å². The van der Waals surface area contributed by atoms with Crippen LogP contribution in [-0.4, -0.2) is 32.2 Å². The Balaban J connectivity index is 2.80. The highest BCUT2D eigenvalue weighted by Crippen LogP contribution is 2.27. The lowest BCUT2D eigenvalue weighted by Gasteiger charge is -2.17. The van der Waals surface area contributed by atoms with Gasteiger partial charge in [0.25, 0.3) is 0 Å². The molecule has 0 bridgehead atoms. The SMILES string of the molecule is CCSCCC(C)Nc1cccc(S(C)(=O)=O)c1N. The minimum absolute atomic E-state index is 0.188. The molecule has 0 heterocycles. The Hall–Kier alpha value is -0.880. The van der Waals surface area contributed by atoms with Crippen molar-refractivity contribution in [3.8, 4) is 0 Å². The molecule has 1 aromatic rings. The molecular weight excluding hydrogens is 280 g/mol. The van der Waals surface area contributed by atoms with Crippen LogP contribution in [0, 0.1) is 0 Å². The first-order chi connectivity index (χ1) is 8.86. The van der Waals surface area contributed by atoms with E-state index in [4.69, 9.17) is 5.73 Å². The number of nitrogen functional groups attached to an aromatic ring is 1. The van der Waals surface area contributed by atoms with E-state index >= 15 is 0 Å². The summed E-state index contributed by atoms with van der Waals surface area (Å²) in [6.45, 7) is 4.21. The maximum Gasteiger partial charge on any atom is 0.177 e. The summed E-state index contributed by atoms with van der Waals surface area (Å²) in [7, 11) is -3.28. The molecule has 6 heteroatoms. The third-order valence-corrected chi connectivity index (χ3v) is 4.85. The highest BCUT2D eigenvalue weighted by atomic mass is 32.2. The Kier molecular flexibility index (Phi) is 6.00. The second-order valence-corrected chi connectivity index (χ2v) is 7.90. The minimum atomic E-state index is -3.28. The summed E-state index contributed by atoms with van der Waals surface area (Å²) >= 11 is 1.89. The molecule has 0 fully saturated rings. The molecule has 0 aliphatic carbocycles. The van der Waals surface area contributed by atoms with Crippen LogP contribution in [0.2, 0.25) is 0 Å². The number of nitrogens with one attached hydrogen (secondary N) is 1. The van der Waals surface area contributed by atoms with Crippen molar-refractivity contribution >= 4 is 33.0 Å². The van der Waals surface area contributed by atoms with E-state index in [0.29, 0.717) is 11.4 Å². The molecular formula is C13H22N2O2S2. The summed E-state index contributed by atoms with van der Waals surface area (Å²) in [5.74, 6) is 2.19. The first-order valence-corrected chi connectivity index (χ1v) is 9.33. The van der Waals surface area contributed by atoms with Crippen LogP contribution in [0.25, 0.3) is 0 Å². The van der Waals surface area contributed by atoms with Gasteiger partial charge in [-0.15, -0.1) is 0 Å². The van der Waals surface area contributed by atoms with Gasteiger partial charge in [0.05, 0.1) is 16.3 Å². The molecule has 0 aliphatic heterocycles. The van der Waals surface area contributed by atoms with Gasteiger partial charge in [0.1, 0.15) is 0 Å². The second-order valence-electron chi connectivity index (χ2n) is 4.52. The van der Waals surface area contributed by atoms with Crippen molar-refractivity contribution < 1.29 is 8.42 Å². The number of benzene rings is 1.